The van der Waals surface area contributed by atoms with Crippen molar-refractivity contribution in [3.8, 4) is 0 Å². The van der Waals surface area contributed by atoms with Crippen LogP contribution >= 0.6 is 11.3 Å². The minimum atomic E-state index is 0.0151. The highest BCUT2D eigenvalue weighted by Gasteiger charge is 2.20. The molecule has 186 valence electrons. The second-order valence-corrected chi connectivity index (χ2v) is 11.1. The summed E-state index contributed by atoms with van der Waals surface area (Å²) in [5.74, 6) is 0.821. The van der Waals surface area contributed by atoms with Crippen LogP contribution in [0, 0.1) is 5.92 Å². The van der Waals surface area contributed by atoms with Gasteiger partial charge in [-0.3, -0.25) is 9.69 Å². The molecule has 3 heterocycles. The summed E-state index contributed by atoms with van der Waals surface area (Å²) in [7, 11) is 0. The number of hydrogen-bond donors (Lipinski definition) is 1. The van der Waals surface area contributed by atoms with Gasteiger partial charge in [0.1, 0.15) is 0 Å². The molecular weight excluding hydrogens is 454 g/mol. The van der Waals surface area contributed by atoms with Gasteiger partial charge in [-0.2, -0.15) is 0 Å². The Morgan fingerprint density at radius 2 is 1.74 bits per heavy atom. The Hall–Kier alpha value is -2.48. The first-order valence-corrected chi connectivity index (χ1v) is 13.9. The van der Waals surface area contributed by atoms with Crippen molar-refractivity contribution >= 4 is 32.6 Å². The molecule has 5 rings (SSSR count). The number of fused-ring (bicyclic) bond motifs is 1. The molecule has 2 aliphatic heterocycles. The summed E-state index contributed by atoms with van der Waals surface area (Å²) in [6.07, 6.45) is 3.44. The van der Waals surface area contributed by atoms with Gasteiger partial charge in [-0.05, 0) is 55.5 Å². The Kier molecular flexibility index (Phi) is 7.96. The van der Waals surface area contributed by atoms with Crippen LogP contribution in [0.1, 0.15) is 42.1 Å². The molecule has 7 heteroatoms. The van der Waals surface area contributed by atoms with Gasteiger partial charge in [0.25, 0.3) is 5.91 Å². The first kappa shape index (κ1) is 24.2. The minimum Gasteiger partial charge on any atom is -0.352 e. The maximum Gasteiger partial charge on any atom is 0.251 e. The third kappa shape index (κ3) is 6.40. The molecule has 6 nitrogen and oxygen atoms in total. The second-order valence-electron chi connectivity index (χ2n) is 10.1. The third-order valence-electron chi connectivity index (χ3n) is 7.34. The number of benzene rings is 2. The van der Waals surface area contributed by atoms with E-state index in [-0.39, 0.29) is 5.91 Å². The van der Waals surface area contributed by atoms with Crippen molar-refractivity contribution in [2.45, 2.75) is 32.7 Å². The minimum absolute atomic E-state index is 0.0151. The Bertz CT molecular complexity index is 1100. The van der Waals surface area contributed by atoms with Crippen molar-refractivity contribution in [2.24, 2.45) is 5.92 Å². The van der Waals surface area contributed by atoms with E-state index in [0.717, 1.165) is 85.6 Å². The molecule has 1 aromatic heterocycles. The SMILES string of the molecule is CC1CCN(c2nc3ccc(C(=O)NCCCN4CCN(Cc5ccccc5)CC4)cc3s2)CC1. The molecule has 0 spiro atoms. The molecule has 0 unspecified atom stereocenters. The number of nitrogens with zero attached hydrogens (tertiary/aromatic N) is 4. The summed E-state index contributed by atoms with van der Waals surface area (Å²) in [5.41, 5.74) is 3.11. The van der Waals surface area contributed by atoms with Crippen molar-refractivity contribution in [2.75, 3.05) is 57.3 Å². The van der Waals surface area contributed by atoms with Gasteiger partial charge in [0.05, 0.1) is 10.2 Å². The van der Waals surface area contributed by atoms with Gasteiger partial charge in [0.15, 0.2) is 5.13 Å². The maximum absolute atomic E-state index is 12.7. The molecule has 2 aliphatic rings. The van der Waals surface area contributed by atoms with Crippen molar-refractivity contribution in [1.82, 2.24) is 20.1 Å². The number of piperazine rings is 1. The van der Waals surface area contributed by atoms with Gasteiger partial charge in [-0.1, -0.05) is 48.6 Å². The summed E-state index contributed by atoms with van der Waals surface area (Å²) in [5, 5.41) is 4.21. The van der Waals surface area contributed by atoms with Crippen LogP contribution in [0.25, 0.3) is 10.2 Å². The van der Waals surface area contributed by atoms with Crippen LogP contribution in [0.5, 0.6) is 0 Å². The molecule has 1 amide bonds. The van der Waals surface area contributed by atoms with Gasteiger partial charge >= 0.3 is 0 Å². The van der Waals surface area contributed by atoms with E-state index in [1.165, 1.54) is 18.4 Å². The molecule has 1 N–H and O–H groups in total. The van der Waals surface area contributed by atoms with Crippen molar-refractivity contribution in [3.05, 3.63) is 59.7 Å². The number of thiazole rings is 1. The molecule has 0 radical (unpaired) electrons. The zero-order valence-corrected chi connectivity index (χ0v) is 21.6. The fraction of sp³-hybridized carbons (Fsp3) is 0.500. The lowest BCUT2D eigenvalue weighted by Crippen LogP contribution is -2.46. The first-order chi connectivity index (χ1) is 17.1. The smallest absolute Gasteiger partial charge is 0.251 e. The fourth-order valence-corrected chi connectivity index (χ4v) is 6.06. The van der Waals surface area contributed by atoms with E-state index >= 15 is 0 Å². The van der Waals surface area contributed by atoms with E-state index in [9.17, 15) is 4.79 Å². The number of hydrogen-bond acceptors (Lipinski definition) is 6. The largest absolute Gasteiger partial charge is 0.352 e. The molecule has 2 fully saturated rings. The summed E-state index contributed by atoms with van der Waals surface area (Å²) in [4.78, 5) is 25.0. The predicted molar refractivity (Wildman–Crippen MR) is 145 cm³/mol. The summed E-state index contributed by atoms with van der Waals surface area (Å²) in [6.45, 7) is 11.7. The number of carbonyl (C=O) groups excluding carboxylic acids is 1. The lowest BCUT2D eigenvalue weighted by atomic mass is 10.00. The standard InChI is InChI=1S/C28H37N5OS/c1-22-10-14-33(15-11-22)28-30-25-9-8-24(20-26(25)35-28)27(34)29-12-5-13-31-16-18-32(19-17-31)21-23-6-3-2-4-7-23/h2-4,6-9,20,22H,5,10-19,21H2,1H3,(H,29,34). The molecule has 0 aliphatic carbocycles. The zero-order valence-electron chi connectivity index (χ0n) is 20.8. The Morgan fingerprint density at radius 1 is 1.00 bits per heavy atom. The van der Waals surface area contributed by atoms with Crippen LogP contribution in [-0.2, 0) is 6.54 Å². The van der Waals surface area contributed by atoms with Gasteiger partial charge in [0.2, 0.25) is 0 Å². The number of carbonyl (C=O) groups is 1. The topological polar surface area (TPSA) is 51.7 Å². The van der Waals surface area contributed by atoms with E-state index in [1.54, 1.807) is 11.3 Å². The average Bonchev–Trinajstić information content (AvgIpc) is 3.32. The highest BCUT2D eigenvalue weighted by Crippen LogP contribution is 2.32. The lowest BCUT2D eigenvalue weighted by Gasteiger charge is -2.34. The zero-order chi connectivity index (χ0) is 24.0. The van der Waals surface area contributed by atoms with Crippen LogP contribution in [0.3, 0.4) is 0 Å². The predicted octanol–water partition coefficient (Wildman–Crippen LogP) is 4.47. The highest BCUT2D eigenvalue weighted by molar-refractivity contribution is 7.22. The van der Waals surface area contributed by atoms with Gasteiger partial charge in [-0.25, -0.2) is 4.98 Å². The number of aromatic nitrogens is 1. The van der Waals surface area contributed by atoms with E-state index < -0.39 is 0 Å². The van der Waals surface area contributed by atoms with Gasteiger partial charge in [0, 0.05) is 57.9 Å². The first-order valence-electron chi connectivity index (χ1n) is 13.1. The number of nitrogens with one attached hydrogen (secondary N) is 1. The number of rotatable bonds is 8. The average molecular weight is 492 g/mol. The summed E-state index contributed by atoms with van der Waals surface area (Å²) >= 11 is 1.71. The number of piperidine rings is 1. The highest BCUT2D eigenvalue weighted by atomic mass is 32.1. The molecule has 35 heavy (non-hydrogen) atoms. The van der Waals surface area contributed by atoms with E-state index in [1.807, 2.05) is 18.2 Å². The van der Waals surface area contributed by atoms with Crippen molar-refractivity contribution in [1.29, 1.82) is 0 Å². The van der Waals surface area contributed by atoms with Crippen molar-refractivity contribution in [3.63, 3.8) is 0 Å². The van der Waals surface area contributed by atoms with Crippen LogP contribution in [0.2, 0.25) is 0 Å². The third-order valence-corrected chi connectivity index (χ3v) is 8.42. The molecule has 3 aromatic rings. The van der Waals surface area contributed by atoms with E-state index in [4.69, 9.17) is 4.98 Å². The molecule has 2 aromatic carbocycles. The Labute approximate surface area is 212 Å². The number of anilines is 1. The fourth-order valence-electron chi connectivity index (χ4n) is 5.01. The second kappa shape index (κ2) is 11.5. The summed E-state index contributed by atoms with van der Waals surface area (Å²) < 4.78 is 1.10. The van der Waals surface area contributed by atoms with Crippen LogP contribution < -0.4 is 10.2 Å². The van der Waals surface area contributed by atoms with Crippen LogP contribution in [-0.4, -0.2) is 73.0 Å². The number of amides is 1. The summed E-state index contributed by atoms with van der Waals surface area (Å²) in [6, 6.07) is 16.6. The molecular formula is C28H37N5OS. The molecule has 2 saturated heterocycles. The van der Waals surface area contributed by atoms with E-state index in [0.29, 0.717) is 6.54 Å². The van der Waals surface area contributed by atoms with Crippen LogP contribution in [0.4, 0.5) is 5.13 Å². The monoisotopic (exact) mass is 491 g/mol. The normalized spacial score (nSPS) is 18.3. The van der Waals surface area contributed by atoms with Gasteiger partial charge in [-0.15, -0.1) is 0 Å². The Morgan fingerprint density at radius 3 is 2.51 bits per heavy atom. The van der Waals surface area contributed by atoms with E-state index in [2.05, 4.69) is 57.3 Å². The van der Waals surface area contributed by atoms with Crippen molar-refractivity contribution < 1.29 is 4.79 Å². The van der Waals surface area contributed by atoms with Gasteiger partial charge < -0.3 is 15.1 Å². The Balaban J connectivity index is 1.04. The quantitative estimate of drug-likeness (QED) is 0.471. The lowest BCUT2D eigenvalue weighted by molar-refractivity contribution is 0.0947. The maximum atomic E-state index is 12.7. The molecule has 0 atom stereocenters. The molecule has 0 saturated carbocycles. The molecule has 0 bridgehead atoms. The van der Waals surface area contributed by atoms with Crippen LogP contribution in [0.15, 0.2) is 48.5 Å².